The first-order chi connectivity index (χ1) is 24.4. The molecule has 5 heterocycles. The molecule has 50 heavy (non-hydrogen) atoms. The van der Waals surface area contributed by atoms with Gasteiger partial charge in [0.05, 0.1) is 18.1 Å². The summed E-state index contributed by atoms with van der Waals surface area (Å²) in [6.45, 7) is 3.97. The largest absolute Gasteiger partial charge is 0.389 e. The van der Waals surface area contributed by atoms with Crippen LogP contribution in [0.15, 0.2) is 72.4 Å². The molecule has 1 unspecified atom stereocenters. The summed E-state index contributed by atoms with van der Waals surface area (Å²) in [7, 11) is 1.88. The van der Waals surface area contributed by atoms with E-state index in [-0.39, 0.29) is 23.7 Å². The number of oxime groups is 1. The van der Waals surface area contributed by atoms with Crippen LogP contribution in [0.2, 0.25) is 0 Å². The van der Waals surface area contributed by atoms with Gasteiger partial charge in [0.2, 0.25) is 5.95 Å². The van der Waals surface area contributed by atoms with Crippen LogP contribution in [-0.2, 0) is 18.4 Å². The Bertz CT molecular complexity index is 1860. The number of pyridine rings is 1. The average Bonchev–Trinajstić information content (AvgIpc) is 3.68. The lowest BCUT2D eigenvalue weighted by Gasteiger charge is -2.36. The van der Waals surface area contributed by atoms with E-state index in [0.717, 1.165) is 86.9 Å². The van der Waals surface area contributed by atoms with Crippen LogP contribution in [-0.4, -0.2) is 67.2 Å². The molecule has 0 radical (unpaired) electrons. The number of rotatable bonds is 8. The molecule has 3 aliphatic rings. The normalized spacial score (nSPS) is 21.9. The van der Waals surface area contributed by atoms with E-state index in [9.17, 15) is 10.1 Å². The van der Waals surface area contributed by atoms with E-state index in [0.29, 0.717) is 29.7 Å². The molecular formula is C37H43N11O2. The van der Waals surface area contributed by atoms with Gasteiger partial charge in [0.25, 0.3) is 0 Å². The van der Waals surface area contributed by atoms with Crippen molar-refractivity contribution in [3.05, 3.63) is 78.4 Å². The fourth-order valence-corrected chi connectivity index (χ4v) is 7.36. The number of carbonyl (C=O) groups excluding carboxylic acids is 1. The Morgan fingerprint density at radius 1 is 1.04 bits per heavy atom. The van der Waals surface area contributed by atoms with Gasteiger partial charge >= 0.3 is 6.03 Å². The van der Waals surface area contributed by atoms with Crippen molar-refractivity contribution in [2.45, 2.75) is 82.5 Å². The number of amides is 2. The molecule has 258 valence electrons. The third-order valence-corrected chi connectivity index (χ3v) is 9.99. The first-order valence-corrected chi connectivity index (χ1v) is 17.4. The minimum Gasteiger partial charge on any atom is -0.389 e. The topological polar surface area (TPSA) is 149 Å². The Morgan fingerprint density at radius 2 is 1.88 bits per heavy atom. The SMILES string of the molecule is CC1=NOC2(CCCN(c3nc(N[C@H]4CC[C@H](N(C(=O)NCc5ccccc5)c5ccc(-c6cnn(C)c6)cn5)CC4)ncc3C#N)CC2)C1. The smallest absolute Gasteiger partial charge is 0.323 e. The monoisotopic (exact) mass is 673 g/mol. The van der Waals surface area contributed by atoms with E-state index in [1.165, 1.54) is 0 Å². The Kier molecular flexibility index (Phi) is 9.60. The highest BCUT2D eigenvalue weighted by molar-refractivity contribution is 5.91. The molecule has 7 rings (SSSR count). The second-order valence-corrected chi connectivity index (χ2v) is 13.6. The van der Waals surface area contributed by atoms with Crippen molar-refractivity contribution in [1.82, 2.24) is 30.0 Å². The number of aryl methyl sites for hydroxylation is 1. The maximum absolute atomic E-state index is 13.8. The molecule has 1 saturated carbocycles. The number of nitrogens with zero attached hydrogens (tertiary/aromatic N) is 9. The first-order valence-electron chi connectivity index (χ1n) is 17.4. The van der Waals surface area contributed by atoms with Crippen molar-refractivity contribution in [2.24, 2.45) is 12.2 Å². The summed E-state index contributed by atoms with van der Waals surface area (Å²) < 4.78 is 1.76. The Hall–Kier alpha value is -5.51. The van der Waals surface area contributed by atoms with Gasteiger partial charge in [0.1, 0.15) is 23.1 Å². The van der Waals surface area contributed by atoms with E-state index < -0.39 is 0 Å². The van der Waals surface area contributed by atoms with Crippen LogP contribution in [0.1, 0.15) is 69.4 Å². The molecule has 2 amide bonds. The summed E-state index contributed by atoms with van der Waals surface area (Å²) >= 11 is 0. The van der Waals surface area contributed by atoms with Gasteiger partial charge in [0, 0.05) is 75.1 Å². The summed E-state index contributed by atoms with van der Waals surface area (Å²) in [6.07, 6.45) is 13.9. The van der Waals surface area contributed by atoms with Gasteiger partial charge in [-0.1, -0.05) is 35.5 Å². The van der Waals surface area contributed by atoms with Gasteiger partial charge in [-0.15, -0.1) is 0 Å². The number of carbonyl (C=O) groups is 1. The van der Waals surface area contributed by atoms with Crippen LogP contribution in [0.25, 0.3) is 11.1 Å². The van der Waals surface area contributed by atoms with Gasteiger partial charge < -0.3 is 20.4 Å². The first kappa shape index (κ1) is 33.0. The minimum atomic E-state index is -0.248. The maximum atomic E-state index is 13.8. The lowest BCUT2D eigenvalue weighted by molar-refractivity contribution is -0.0271. The van der Waals surface area contributed by atoms with Gasteiger partial charge in [0.15, 0.2) is 5.82 Å². The number of nitriles is 1. The summed E-state index contributed by atoms with van der Waals surface area (Å²) in [5.41, 5.74) is 4.20. The zero-order valence-electron chi connectivity index (χ0n) is 28.6. The Morgan fingerprint density at radius 3 is 2.58 bits per heavy atom. The average molecular weight is 674 g/mol. The molecular weight excluding hydrogens is 630 g/mol. The van der Waals surface area contributed by atoms with Crippen molar-refractivity contribution in [2.75, 3.05) is 28.2 Å². The van der Waals surface area contributed by atoms with Gasteiger partial charge in [-0.2, -0.15) is 15.3 Å². The number of aromatic nitrogens is 5. The van der Waals surface area contributed by atoms with Crippen molar-refractivity contribution < 1.29 is 9.63 Å². The molecule has 1 saturated heterocycles. The van der Waals surface area contributed by atoms with Gasteiger partial charge in [-0.3, -0.25) is 9.58 Å². The van der Waals surface area contributed by atoms with Crippen LogP contribution >= 0.6 is 0 Å². The second-order valence-electron chi connectivity index (χ2n) is 13.6. The molecule has 2 fully saturated rings. The number of anilines is 3. The van der Waals surface area contributed by atoms with E-state index in [1.807, 2.05) is 67.5 Å². The van der Waals surface area contributed by atoms with Crippen molar-refractivity contribution >= 4 is 29.3 Å². The standard InChI is InChI=1S/C37H43N11O2/c1-26-19-37(50-45-26)15-6-17-47(18-16-37)34-29(20-38)23-40-35(44-34)43-31-10-12-32(13-11-31)48(36(49)41-21-27-7-4-3-5-8-27)33-14-9-28(22-39-33)30-24-42-46(2)25-30/h3-5,7-9,14,22-25,31-32H,6,10-13,15-19,21H2,1-2H3,(H,41,49)(H,40,43,44)/t31-,32-,37?. The van der Waals surface area contributed by atoms with E-state index >= 15 is 0 Å². The number of benzene rings is 1. The van der Waals surface area contributed by atoms with Crippen molar-refractivity contribution in [3.8, 4) is 17.2 Å². The summed E-state index contributed by atoms with van der Waals surface area (Å²) in [4.78, 5) is 37.8. The fourth-order valence-electron chi connectivity index (χ4n) is 7.36. The molecule has 0 bridgehead atoms. The van der Waals surface area contributed by atoms with Crippen LogP contribution in [0, 0.1) is 11.3 Å². The van der Waals surface area contributed by atoms with Crippen LogP contribution in [0.5, 0.6) is 0 Å². The highest BCUT2D eigenvalue weighted by atomic mass is 16.7. The molecule has 2 N–H and O–H groups in total. The number of hydrogen-bond donors (Lipinski definition) is 2. The lowest BCUT2D eigenvalue weighted by Crippen LogP contribution is -2.49. The Balaban J connectivity index is 1.02. The zero-order chi connectivity index (χ0) is 34.5. The van der Waals surface area contributed by atoms with Crippen molar-refractivity contribution in [1.29, 1.82) is 5.26 Å². The van der Waals surface area contributed by atoms with Crippen LogP contribution in [0.3, 0.4) is 0 Å². The lowest BCUT2D eigenvalue weighted by atomic mass is 9.90. The highest BCUT2D eigenvalue weighted by Gasteiger charge is 2.40. The summed E-state index contributed by atoms with van der Waals surface area (Å²) in [5.74, 6) is 1.79. The molecule has 2 aliphatic heterocycles. The van der Waals surface area contributed by atoms with Crippen LogP contribution in [0.4, 0.5) is 22.4 Å². The number of hydrogen-bond acceptors (Lipinski definition) is 10. The molecule has 3 aromatic heterocycles. The minimum absolute atomic E-state index is 0.0344. The predicted molar refractivity (Wildman–Crippen MR) is 192 cm³/mol. The zero-order valence-corrected chi connectivity index (χ0v) is 28.6. The van der Waals surface area contributed by atoms with Gasteiger partial charge in [-0.05, 0) is 63.1 Å². The third-order valence-electron chi connectivity index (χ3n) is 9.99. The summed E-state index contributed by atoms with van der Waals surface area (Å²) in [6, 6.07) is 16.0. The number of nitrogens with one attached hydrogen (secondary N) is 2. The fraction of sp³-hybridized carbons (Fsp3) is 0.432. The number of urea groups is 1. The third kappa shape index (κ3) is 7.39. The molecule has 4 aromatic rings. The molecule has 13 heteroatoms. The van der Waals surface area contributed by atoms with Crippen molar-refractivity contribution in [3.63, 3.8) is 0 Å². The van der Waals surface area contributed by atoms with E-state index in [2.05, 4.69) is 36.8 Å². The highest BCUT2D eigenvalue weighted by Crippen LogP contribution is 2.36. The molecule has 1 aromatic carbocycles. The van der Waals surface area contributed by atoms with Gasteiger partial charge in [-0.25, -0.2) is 14.8 Å². The predicted octanol–water partition coefficient (Wildman–Crippen LogP) is 5.81. The quantitative estimate of drug-likeness (QED) is 0.236. The summed E-state index contributed by atoms with van der Waals surface area (Å²) in [5, 5.41) is 25.1. The van der Waals surface area contributed by atoms with E-state index in [1.54, 1.807) is 23.3 Å². The molecule has 13 nitrogen and oxygen atoms in total. The van der Waals surface area contributed by atoms with E-state index in [4.69, 9.17) is 14.8 Å². The molecule has 1 spiro atoms. The van der Waals surface area contributed by atoms with Crippen LogP contribution < -0.4 is 20.4 Å². The maximum Gasteiger partial charge on any atom is 0.323 e. The second kappa shape index (κ2) is 14.5. The Labute approximate surface area is 292 Å². The molecule has 1 aliphatic carbocycles. The molecule has 1 atom stereocenters.